The van der Waals surface area contributed by atoms with Gasteiger partial charge in [-0.05, 0) is 58.0 Å². The van der Waals surface area contributed by atoms with Crippen LogP contribution in [0.1, 0.15) is 66.1 Å². The average molecular weight is 581 g/mol. The van der Waals surface area contributed by atoms with E-state index in [9.17, 15) is 14.4 Å². The van der Waals surface area contributed by atoms with Crippen molar-refractivity contribution in [2.24, 2.45) is 0 Å². The van der Waals surface area contributed by atoms with Gasteiger partial charge in [0, 0.05) is 17.2 Å². The highest BCUT2D eigenvalue weighted by Gasteiger charge is 2.24. The number of amides is 3. The summed E-state index contributed by atoms with van der Waals surface area (Å²) in [5.74, 6) is 1.13. The fourth-order valence-electron chi connectivity index (χ4n) is 3.98. The van der Waals surface area contributed by atoms with Crippen LogP contribution in [0.2, 0.25) is 5.02 Å². The molecular weight excluding hydrogens is 548 g/mol. The van der Waals surface area contributed by atoms with E-state index in [1.54, 1.807) is 76.2 Å². The van der Waals surface area contributed by atoms with E-state index < -0.39 is 29.3 Å². The zero-order valence-corrected chi connectivity index (χ0v) is 24.7. The molecule has 3 amide bonds. The van der Waals surface area contributed by atoms with Crippen LogP contribution in [0.15, 0.2) is 57.8 Å². The number of urea groups is 1. The van der Waals surface area contributed by atoms with Crippen LogP contribution in [0.25, 0.3) is 16.6 Å². The third-order valence-electron chi connectivity index (χ3n) is 5.85. The first-order chi connectivity index (χ1) is 19.1. The van der Waals surface area contributed by atoms with Crippen LogP contribution >= 0.6 is 11.6 Å². The molecule has 0 unspecified atom stereocenters. The molecule has 4 rings (SSSR count). The molecule has 0 aliphatic heterocycles. The van der Waals surface area contributed by atoms with Crippen molar-refractivity contribution in [1.82, 2.24) is 20.0 Å². The number of rotatable bonds is 5. The van der Waals surface area contributed by atoms with Gasteiger partial charge in [0.2, 0.25) is 0 Å². The van der Waals surface area contributed by atoms with E-state index in [2.05, 4.69) is 26.1 Å². The molecule has 0 bridgehead atoms. The van der Waals surface area contributed by atoms with Crippen molar-refractivity contribution >= 4 is 46.1 Å². The number of hydrogen-bond acceptors (Lipinski definition) is 7. The smallest absolute Gasteiger partial charge is 0.408 e. The van der Waals surface area contributed by atoms with Gasteiger partial charge < -0.3 is 19.9 Å². The maximum Gasteiger partial charge on any atom is 0.408 e. The first kappa shape index (κ1) is 29.6. The van der Waals surface area contributed by atoms with Crippen LogP contribution in [0, 0.1) is 0 Å². The standard InChI is InChI=1S/C29H33ClN6O5/c1-16(31-27(39)40-29(5,6)7)24-33-20-13-9-12-19(30)23(20)25(37)36(24)18-11-8-10-17(14-18)32-26(38)34-22-15-21(41-35-22)28(2,3)4/h8-16H,1-7H3,(H,31,39)(H2,32,34,35,38)/t16-/m0/s1. The Labute approximate surface area is 242 Å². The third-order valence-corrected chi connectivity index (χ3v) is 6.16. The second kappa shape index (κ2) is 11.2. The van der Waals surface area contributed by atoms with Crippen molar-refractivity contribution in [3.05, 3.63) is 75.5 Å². The van der Waals surface area contributed by atoms with Crippen molar-refractivity contribution in [2.45, 2.75) is 65.5 Å². The van der Waals surface area contributed by atoms with Crippen LogP contribution in [0.3, 0.4) is 0 Å². The topological polar surface area (TPSA) is 140 Å². The first-order valence-electron chi connectivity index (χ1n) is 13.0. The van der Waals surface area contributed by atoms with Crippen LogP contribution in [-0.4, -0.2) is 32.4 Å². The van der Waals surface area contributed by atoms with Crippen molar-refractivity contribution in [1.29, 1.82) is 0 Å². The quantitative estimate of drug-likeness (QED) is 0.243. The molecule has 0 aliphatic rings. The molecule has 12 heteroatoms. The van der Waals surface area contributed by atoms with Gasteiger partial charge >= 0.3 is 12.1 Å². The number of nitrogens with one attached hydrogen (secondary N) is 3. The normalized spacial score (nSPS) is 12.6. The second-order valence-electron chi connectivity index (χ2n) is 11.6. The Morgan fingerprint density at radius 3 is 2.39 bits per heavy atom. The molecule has 2 aromatic carbocycles. The summed E-state index contributed by atoms with van der Waals surface area (Å²) < 4.78 is 12.1. The van der Waals surface area contributed by atoms with Gasteiger partial charge in [-0.3, -0.25) is 14.7 Å². The number of alkyl carbamates (subject to hydrolysis) is 1. The van der Waals surface area contributed by atoms with Gasteiger partial charge in [-0.1, -0.05) is 49.7 Å². The summed E-state index contributed by atoms with van der Waals surface area (Å²) in [4.78, 5) is 43.8. The lowest BCUT2D eigenvalue weighted by molar-refractivity contribution is 0.0505. The Hall–Kier alpha value is -4.38. The molecule has 2 aromatic heterocycles. The highest BCUT2D eigenvalue weighted by Crippen LogP contribution is 2.26. The minimum absolute atomic E-state index is 0.221. The Balaban J connectivity index is 1.69. The molecule has 0 radical (unpaired) electrons. The molecule has 2 heterocycles. The minimum Gasteiger partial charge on any atom is -0.444 e. The van der Waals surface area contributed by atoms with Crippen LogP contribution in [0.4, 0.5) is 21.1 Å². The number of benzene rings is 2. The molecule has 216 valence electrons. The SMILES string of the molecule is C[C@H](NC(=O)OC(C)(C)C)c1nc2cccc(Cl)c2c(=O)n1-c1cccc(NC(=O)Nc2cc(C(C)(C)C)on2)c1. The number of carbonyl (C=O) groups excluding carboxylic acids is 2. The van der Waals surface area contributed by atoms with E-state index in [4.69, 9.17) is 20.9 Å². The summed E-state index contributed by atoms with van der Waals surface area (Å²) in [5.41, 5.74) is -0.255. The summed E-state index contributed by atoms with van der Waals surface area (Å²) in [6.07, 6.45) is -0.661. The minimum atomic E-state index is -0.731. The number of ether oxygens (including phenoxy) is 1. The predicted octanol–water partition coefficient (Wildman–Crippen LogP) is 6.55. The van der Waals surface area contributed by atoms with Gasteiger partial charge in [0.1, 0.15) is 17.2 Å². The van der Waals surface area contributed by atoms with Crippen LogP contribution in [-0.2, 0) is 10.2 Å². The van der Waals surface area contributed by atoms with Gasteiger partial charge in [0.15, 0.2) is 5.82 Å². The van der Waals surface area contributed by atoms with Crippen LogP contribution < -0.4 is 21.5 Å². The first-order valence-corrected chi connectivity index (χ1v) is 13.4. The monoisotopic (exact) mass is 580 g/mol. The van der Waals surface area contributed by atoms with Gasteiger partial charge in [0.25, 0.3) is 5.56 Å². The maximum atomic E-state index is 13.8. The van der Waals surface area contributed by atoms with Crippen molar-refractivity contribution in [3.63, 3.8) is 0 Å². The third kappa shape index (κ3) is 7.04. The molecule has 3 N–H and O–H groups in total. The molecule has 0 saturated heterocycles. The molecule has 0 saturated carbocycles. The number of fused-ring (bicyclic) bond motifs is 1. The van der Waals surface area contributed by atoms with Gasteiger partial charge in [-0.15, -0.1) is 0 Å². The second-order valence-corrected chi connectivity index (χ2v) is 12.0. The number of hydrogen-bond donors (Lipinski definition) is 3. The highest BCUT2D eigenvalue weighted by atomic mass is 35.5. The fourth-order valence-corrected chi connectivity index (χ4v) is 4.24. The summed E-state index contributed by atoms with van der Waals surface area (Å²) in [6, 6.07) is 12.0. The molecule has 1 atom stereocenters. The summed E-state index contributed by atoms with van der Waals surface area (Å²) in [5, 5.41) is 12.5. The van der Waals surface area contributed by atoms with E-state index >= 15 is 0 Å². The maximum absolute atomic E-state index is 13.8. The molecule has 0 spiro atoms. The zero-order chi connectivity index (χ0) is 30.1. The van der Waals surface area contributed by atoms with Gasteiger partial charge in [0.05, 0.1) is 27.7 Å². The van der Waals surface area contributed by atoms with E-state index in [1.165, 1.54) is 4.57 Å². The highest BCUT2D eigenvalue weighted by molar-refractivity contribution is 6.35. The fraction of sp³-hybridized carbons (Fsp3) is 0.345. The summed E-state index contributed by atoms with van der Waals surface area (Å²) in [7, 11) is 0. The number of halogens is 1. The van der Waals surface area contributed by atoms with E-state index in [-0.39, 0.29) is 27.5 Å². The van der Waals surface area contributed by atoms with Crippen LogP contribution in [0.5, 0.6) is 0 Å². The molecule has 0 fully saturated rings. The van der Waals surface area contributed by atoms with E-state index in [1.807, 2.05) is 20.8 Å². The molecule has 4 aromatic rings. The lowest BCUT2D eigenvalue weighted by atomic mass is 9.93. The summed E-state index contributed by atoms with van der Waals surface area (Å²) in [6.45, 7) is 12.9. The molecular formula is C29H33ClN6O5. The lowest BCUT2D eigenvalue weighted by Crippen LogP contribution is -2.37. The number of nitrogens with zero attached hydrogens (tertiary/aromatic N) is 3. The number of carbonyl (C=O) groups is 2. The Kier molecular flexibility index (Phi) is 8.12. The Morgan fingerprint density at radius 1 is 1.02 bits per heavy atom. The lowest BCUT2D eigenvalue weighted by Gasteiger charge is -2.23. The van der Waals surface area contributed by atoms with Gasteiger partial charge in [-0.25, -0.2) is 14.6 Å². The Bertz CT molecular complexity index is 1660. The molecule has 0 aliphatic carbocycles. The van der Waals surface area contributed by atoms with Gasteiger partial charge in [-0.2, -0.15) is 0 Å². The molecule has 41 heavy (non-hydrogen) atoms. The van der Waals surface area contributed by atoms with E-state index in [0.717, 1.165) is 0 Å². The van der Waals surface area contributed by atoms with E-state index in [0.29, 0.717) is 22.7 Å². The van der Waals surface area contributed by atoms with Crippen molar-refractivity contribution in [3.8, 4) is 5.69 Å². The van der Waals surface area contributed by atoms with Crippen molar-refractivity contribution in [2.75, 3.05) is 10.6 Å². The Morgan fingerprint density at radius 2 is 1.73 bits per heavy atom. The summed E-state index contributed by atoms with van der Waals surface area (Å²) >= 11 is 6.40. The zero-order valence-electron chi connectivity index (χ0n) is 24.0. The average Bonchev–Trinajstić information content (AvgIpc) is 3.31. The molecule has 11 nitrogen and oxygen atoms in total. The largest absolute Gasteiger partial charge is 0.444 e. The number of aromatic nitrogens is 3. The predicted molar refractivity (Wildman–Crippen MR) is 158 cm³/mol. The van der Waals surface area contributed by atoms with Crippen molar-refractivity contribution < 1.29 is 18.8 Å². The number of anilines is 2.